The highest BCUT2D eigenvalue weighted by Crippen LogP contribution is 2.22. The van der Waals surface area contributed by atoms with E-state index in [0.29, 0.717) is 11.4 Å². The van der Waals surface area contributed by atoms with Crippen molar-refractivity contribution in [3.05, 3.63) is 59.3 Å². The van der Waals surface area contributed by atoms with Gasteiger partial charge in [-0.2, -0.15) is 5.26 Å². The Morgan fingerprint density at radius 3 is 2.71 bits per heavy atom. The third kappa shape index (κ3) is 4.10. The van der Waals surface area contributed by atoms with E-state index in [9.17, 15) is 5.26 Å². The van der Waals surface area contributed by atoms with Crippen molar-refractivity contribution in [3.8, 4) is 6.07 Å². The van der Waals surface area contributed by atoms with Crippen molar-refractivity contribution in [1.82, 2.24) is 9.88 Å². The number of aromatic nitrogens is 1. The lowest BCUT2D eigenvalue weighted by Gasteiger charge is -2.31. The molecule has 1 aromatic heterocycles. The molecule has 5 nitrogen and oxygen atoms in total. The molecule has 1 aromatic carbocycles. The zero-order valence-electron chi connectivity index (χ0n) is 13.9. The van der Waals surface area contributed by atoms with Crippen LogP contribution in [0.15, 0.2) is 42.6 Å². The second-order valence-electron chi connectivity index (χ2n) is 6.03. The maximum absolute atomic E-state index is 9.30. The lowest BCUT2D eigenvalue weighted by molar-refractivity contribution is 0.0360. The fourth-order valence-corrected chi connectivity index (χ4v) is 2.85. The number of hydrogen-bond acceptors (Lipinski definition) is 5. The number of hydrogen-bond donors (Lipinski definition) is 1. The molecular formula is C19H22N4O. The van der Waals surface area contributed by atoms with E-state index in [1.807, 2.05) is 0 Å². The zero-order chi connectivity index (χ0) is 16.8. The van der Waals surface area contributed by atoms with Crippen LogP contribution in [0.1, 0.15) is 22.7 Å². The van der Waals surface area contributed by atoms with Crippen LogP contribution in [0.4, 0.5) is 5.82 Å². The summed E-state index contributed by atoms with van der Waals surface area (Å²) in [6, 6.07) is 14.4. The molecule has 1 atom stereocenters. The van der Waals surface area contributed by atoms with Crippen LogP contribution in [0.5, 0.6) is 0 Å². The second-order valence-corrected chi connectivity index (χ2v) is 6.03. The van der Waals surface area contributed by atoms with Gasteiger partial charge in [0.2, 0.25) is 0 Å². The number of nitriles is 1. The molecule has 0 amide bonds. The molecule has 1 aliphatic heterocycles. The van der Waals surface area contributed by atoms with E-state index in [4.69, 9.17) is 4.74 Å². The Bertz CT molecular complexity index is 702. The van der Waals surface area contributed by atoms with Crippen molar-refractivity contribution in [2.45, 2.75) is 13.0 Å². The van der Waals surface area contributed by atoms with Gasteiger partial charge in [-0.05, 0) is 24.6 Å². The van der Waals surface area contributed by atoms with Crippen LogP contribution >= 0.6 is 0 Å². The van der Waals surface area contributed by atoms with Crippen LogP contribution in [-0.4, -0.2) is 42.7 Å². The number of benzene rings is 1. The van der Waals surface area contributed by atoms with Crippen molar-refractivity contribution < 1.29 is 4.74 Å². The number of nitrogens with one attached hydrogen (secondary N) is 1. The van der Waals surface area contributed by atoms with Crippen LogP contribution in [-0.2, 0) is 4.74 Å². The molecule has 0 spiro atoms. The SMILES string of the molecule is Cc1ccc(C(CN2CCOCC2)Nc2ncccc2C#N)cc1. The minimum Gasteiger partial charge on any atom is -0.379 e. The van der Waals surface area contributed by atoms with Gasteiger partial charge in [0.1, 0.15) is 11.9 Å². The van der Waals surface area contributed by atoms with Gasteiger partial charge in [-0.1, -0.05) is 29.8 Å². The van der Waals surface area contributed by atoms with Gasteiger partial charge in [0.25, 0.3) is 0 Å². The Balaban J connectivity index is 1.83. The molecule has 1 fully saturated rings. The Labute approximate surface area is 142 Å². The number of aryl methyl sites for hydroxylation is 1. The van der Waals surface area contributed by atoms with Crippen LogP contribution in [0.25, 0.3) is 0 Å². The Kier molecular flexibility index (Phi) is 5.42. The lowest BCUT2D eigenvalue weighted by Crippen LogP contribution is -2.40. The minimum atomic E-state index is 0.0747. The van der Waals surface area contributed by atoms with E-state index in [-0.39, 0.29) is 6.04 Å². The van der Waals surface area contributed by atoms with E-state index in [1.54, 1.807) is 18.3 Å². The Hall–Kier alpha value is -2.42. The molecule has 1 saturated heterocycles. The molecule has 3 rings (SSSR count). The summed E-state index contributed by atoms with van der Waals surface area (Å²) >= 11 is 0. The first kappa shape index (κ1) is 16.4. The fraction of sp³-hybridized carbons (Fsp3) is 0.368. The quantitative estimate of drug-likeness (QED) is 0.917. The first-order valence-electron chi connectivity index (χ1n) is 8.24. The highest BCUT2D eigenvalue weighted by molar-refractivity contribution is 5.52. The first-order valence-corrected chi connectivity index (χ1v) is 8.24. The molecule has 0 saturated carbocycles. The second kappa shape index (κ2) is 7.91. The van der Waals surface area contributed by atoms with E-state index >= 15 is 0 Å². The summed E-state index contributed by atoms with van der Waals surface area (Å²) in [4.78, 5) is 6.73. The predicted molar refractivity (Wildman–Crippen MR) is 93.8 cm³/mol. The van der Waals surface area contributed by atoms with Gasteiger partial charge in [-0.15, -0.1) is 0 Å². The lowest BCUT2D eigenvalue weighted by atomic mass is 10.0. The van der Waals surface area contributed by atoms with Crippen molar-refractivity contribution in [1.29, 1.82) is 5.26 Å². The minimum absolute atomic E-state index is 0.0747. The van der Waals surface area contributed by atoms with E-state index in [0.717, 1.165) is 32.8 Å². The van der Waals surface area contributed by atoms with Crippen LogP contribution < -0.4 is 5.32 Å². The molecule has 0 bridgehead atoms. The summed E-state index contributed by atoms with van der Waals surface area (Å²) in [6.45, 7) is 6.34. The van der Waals surface area contributed by atoms with E-state index in [2.05, 4.69) is 52.5 Å². The molecule has 1 aliphatic rings. The first-order chi connectivity index (χ1) is 11.8. The highest BCUT2D eigenvalue weighted by Gasteiger charge is 2.19. The molecule has 1 unspecified atom stereocenters. The molecule has 5 heteroatoms. The zero-order valence-corrected chi connectivity index (χ0v) is 13.9. The van der Waals surface area contributed by atoms with E-state index < -0.39 is 0 Å². The summed E-state index contributed by atoms with van der Waals surface area (Å²) in [5.41, 5.74) is 3.00. The Morgan fingerprint density at radius 1 is 1.25 bits per heavy atom. The topological polar surface area (TPSA) is 61.2 Å². The van der Waals surface area contributed by atoms with Crippen LogP contribution in [0.2, 0.25) is 0 Å². The number of nitrogens with zero attached hydrogens (tertiary/aromatic N) is 3. The molecule has 24 heavy (non-hydrogen) atoms. The number of anilines is 1. The summed E-state index contributed by atoms with van der Waals surface area (Å²) in [6.07, 6.45) is 1.71. The van der Waals surface area contributed by atoms with Crippen molar-refractivity contribution >= 4 is 5.82 Å². The number of pyridine rings is 1. The highest BCUT2D eigenvalue weighted by atomic mass is 16.5. The van der Waals surface area contributed by atoms with Gasteiger partial charge < -0.3 is 10.1 Å². The third-order valence-corrected chi connectivity index (χ3v) is 4.26. The summed E-state index contributed by atoms with van der Waals surface area (Å²) < 4.78 is 5.44. The van der Waals surface area contributed by atoms with Gasteiger partial charge in [-0.25, -0.2) is 4.98 Å². The molecule has 0 aliphatic carbocycles. The maximum Gasteiger partial charge on any atom is 0.144 e. The van der Waals surface area contributed by atoms with E-state index in [1.165, 1.54) is 11.1 Å². The average molecular weight is 322 g/mol. The Morgan fingerprint density at radius 2 is 2.00 bits per heavy atom. The molecule has 0 radical (unpaired) electrons. The van der Waals surface area contributed by atoms with Gasteiger partial charge in [0, 0.05) is 25.8 Å². The predicted octanol–water partition coefficient (Wildman–Crippen LogP) is 2.75. The van der Waals surface area contributed by atoms with Gasteiger partial charge in [-0.3, -0.25) is 4.90 Å². The largest absolute Gasteiger partial charge is 0.379 e. The van der Waals surface area contributed by atoms with Gasteiger partial charge in [0.15, 0.2) is 0 Å². The molecule has 2 heterocycles. The average Bonchev–Trinajstić information content (AvgIpc) is 2.63. The molecule has 2 aromatic rings. The van der Waals surface area contributed by atoms with Gasteiger partial charge >= 0.3 is 0 Å². The van der Waals surface area contributed by atoms with Crippen molar-refractivity contribution in [2.75, 3.05) is 38.2 Å². The van der Waals surface area contributed by atoms with Crippen molar-refractivity contribution in [2.24, 2.45) is 0 Å². The summed E-state index contributed by atoms with van der Waals surface area (Å²) in [5, 5.41) is 12.8. The molecule has 1 N–H and O–H groups in total. The number of morpholine rings is 1. The number of ether oxygens (including phenoxy) is 1. The standard InChI is InChI=1S/C19H22N4O/c1-15-4-6-16(7-5-15)18(14-23-9-11-24-12-10-23)22-19-17(13-20)3-2-8-21-19/h2-8,18H,9-12,14H2,1H3,(H,21,22). The smallest absolute Gasteiger partial charge is 0.144 e. The van der Waals surface area contributed by atoms with Gasteiger partial charge in [0.05, 0.1) is 24.8 Å². The third-order valence-electron chi connectivity index (χ3n) is 4.26. The fourth-order valence-electron chi connectivity index (χ4n) is 2.85. The van der Waals surface area contributed by atoms with Crippen LogP contribution in [0.3, 0.4) is 0 Å². The molecule has 124 valence electrons. The van der Waals surface area contributed by atoms with Crippen molar-refractivity contribution in [3.63, 3.8) is 0 Å². The number of rotatable bonds is 5. The molecular weight excluding hydrogens is 300 g/mol. The monoisotopic (exact) mass is 322 g/mol. The normalized spacial score (nSPS) is 16.3. The maximum atomic E-state index is 9.30. The summed E-state index contributed by atoms with van der Waals surface area (Å²) in [5.74, 6) is 0.638. The van der Waals surface area contributed by atoms with Crippen LogP contribution in [0, 0.1) is 18.3 Å². The summed E-state index contributed by atoms with van der Waals surface area (Å²) in [7, 11) is 0.